The lowest BCUT2D eigenvalue weighted by Crippen LogP contribution is -2.36. The smallest absolute Gasteiger partial charge is 0.165 e. The maximum absolute atomic E-state index is 10.5. The number of rotatable bonds is 12. The van der Waals surface area contributed by atoms with Gasteiger partial charge in [0.05, 0.1) is 14.2 Å². The Bertz CT molecular complexity index is 690. The summed E-state index contributed by atoms with van der Waals surface area (Å²) in [5.74, 6) is 2.82. The van der Waals surface area contributed by atoms with E-state index in [4.69, 9.17) is 14.2 Å². The fourth-order valence-corrected chi connectivity index (χ4v) is 3.05. The third-order valence-corrected chi connectivity index (χ3v) is 4.56. The lowest BCUT2D eigenvalue weighted by atomic mass is 10.1. The summed E-state index contributed by atoms with van der Waals surface area (Å²) in [6, 6.07) is 15.5. The molecule has 0 saturated heterocycles. The van der Waals surface area contributed by atoms with Crippen molar-refractivity contribution in [3.05, 3.63) is 54.1 Å². The summed E-state index contributed by atoms with van der Waals surface area (Å²) in [4.78, 5) is 2.25. The number of aliphatic hydroxyl groups excluding tert-OH is 1. The van der Waals surface area contributed by atoms with E-state index in [1.165, 1.54) is 0 Å². The Hall–Kier alpha value is -2.24. The Morgan fingerprint density at radius 3 is 2.36 bits per heavy atom. The minimum Gasteiger partial charge on any atom is -0.493 e. The maximum atomic E-state index is 10.5. The van der Waals surface area contributed by atoms with Gasteiger partial charge in [-0.3, -0.25) is 4.90 Å². The molecule has 154 valence electrons. The number of hydrogen-bond acceptors (Lipinski definition) is 5. The summed E-state index contributed by atoms with van der Waals surface area (Å²) in [6.45, 7) is 6.77. The monoisotopic (exact) mass is 387 g/mol. The van der Waals surface area contributed by atoms with Gasteiger partial charge in [-0.05, 0) is 37.1 Å². The van der Waals surface area contributed by atoms with E-state index in [2.05, 4.69) is 18.7 Å². The third-order valence-electron chi connectivity index (χ3n) is 4.56. The van der Waals surface area contributed by atoms with E-state index in [0.29, 0.717) is 19.0 Å². The van der Waals surface area contributed by atoms with Gasteiger partial charge in [-0.2, -0.15) is 0 Å². The number of benzene rings is 2. The minimum absolute atomic E-state index is 0.261. The molecule has 0 aromatic heterocycles. The molecule has 0 fully saturated rings. The van der Waals surface area contributed by atoms with Crippen molar-refractivity contribution in [3.8, 4) is 17.2 Å². The standard InChI is InChI=1S/C23H33NO4/c1-18(2)13-14-24(15-19-9-8-12-22(26-3)23(19)27-4)16-20(25)17-28-21-10-6-5-7-11-21/h5-12,18,20,25H,13-17H2,1-4H3/t20-/m0/s1. The lowest BCUT2D eigenvalue weighted by Gasteiger charge is -2.27. The van der Waals surface area contributed by atoms with E-state index in [-0.39, 0.29) is 6.61 Å². The number of aliphatic hydroxyl groups is 1. The number of nitrogens with zero attached hydrogens (tertiary/aromatic N) is 1. The van der Waals surface area contributed by atoms with Crippen molar-refractivity contribution in [2.24, 2.45) is 5.92 Å². The van der Waals surface area contributed by atoms with Crippen LogP contribution < -0.4 is 14.2 Å². The highest BCUT2D eigenvalue weighted by Crippen LogP contribution is 2.31. The van der Waals surface area contributed by atoms with Gasteiger partial charge >= 0.3 is 0 Å². The Morgan fingerprint density at radius 1 is 0.964 bits per heavy atom. The first-order chi connectivity index (χ1) is 13.5. The van der Waals surface area contributed by atoms with Gasteiger partial charge < -0.3 is 19.3 Å². The number of hydrogen-bond donors (Lipinski definition) is 1. The molecule has 1 atom stereocenters. The van der Waals surface area contributed by atoms with Crippen LogP contribution in [0.2, 0.25) is 0 Å². The molecule has 0 spiro atoms. The van der Waals surface area contributed by atoms with E-state index in [9.17, 15) is 5.11 Å². The van der Waals surface area contributed by atoms with Gasteiger partial charge in [-0.25, -0.2) is 0 Å². The second-order valence-corrected chi connectivity index (χ2v) is 7.35. The average Bonchev–Trinajstić information content (AvgIpc) is 2.71. The van der Waals surface area contributed by atoms with Crippen molar-refractivity contribution in [2.45, 2.75) is 32.9 Å². The zero-order valence-electron chi connectivity index (χ0n) is 17.4. The molecular weight excluding hydrogens is 354 g/mol. The van der Waals surface area contributed by atoms with Crippen molar-refractivity contribution in [1.82, 2.24) is 4.90 Å². The predicted octanol–water partition coefficient (Wildman–Crippen LogP) is 3.99. The normalized spacial score (nSPS) is 12.2. The van der Waals surface area contributed by atoms with Crippen molar-refractivity contribution in [1.29, 1.82) is 0 Å². The van der Waals surface area contributed by atoms with Gasteiger partial charge in [0.15, 0.2) is 11.5 Å². The lowest BCUT2D eigenvalue weighted by molar-refractivity contribution is 0.0636. The molecule has 0 aliphatic heterocycles. The highest BCUT2D eigenvalue weighted by atomic mass is 16.5. The first-order valence-corrected chi connectivity index (χ1v) is 9.81. The number of para-hydroxylation sites is 2. The van der Waals surface area contributed by atoms with Crippen LogP contribution >= 0.6 is 0 Å². The van der Waals surface area contributed by atoms with Crippen molar-refractivity contribution in [3.63, 3.8) is 0 Å². The van der Waals surface area contributed by atoms with Crippen molar-refractivity contribution in [2.75, 3.05) is 33.9 Å². The predicted molar refractivity (Wildman–Crippen MR) is 112 cm³/mol. The maximum Gasteiger partial charge on any atom is 0.165 e. The first kappa shape index (κ1) is 22.1. The highest BCUT2D eigenvalue weighted by molar-refractivity contribution is 5.46. The molecule has 0 aliphatic carbocycles. The van der Waals surface area contributed by atoms with Crippen molar-refractivity contribution < 1.29 is 19.3 Å². The summed E-state index contributed by atoms with van der Waals surface area (Å²) in [5.41, 5.74) is 1.04. The van der Waals surface area contributed by atoms with Gasteiger partial charge in [0.1, 0.15) is 18.5 Å². The molecule has 0 saturated carbocycles. The Balaban J connectivity index is 2.03. The summed E-state index contributed by atoms with van der Waals surface area (Å²) in [5, 5.41) is 10.5. The Labute approximate surface area is 168 Å². The largest absolute Gasteiger partial charge is 0.493 e. The second-order valence-electron chi connectivity index (χ2n) is 7.35. The minimum atomic E-state index is -0.580. The Kier molecular flexibility index (Phi) is 9.11. The molecule has 28 heavy (non-hydrogen) atoms. The van der Waals surface area contributed by atoms with E-state index in [1.54, 1.807) is 14.2 Å². The van der Waals surface area contributed by atoms with Crippen molar-refractivity contribution >= 4 is 0 Å². The first-order valence-electron chi connectivity index (χ1n) is 9.81. The highest BCUT2D eigenvalue weighted by Gasteiger charge is 2.17. The van der Waals surface area contributed by atoms with Crippen LogP contribution in [-0.2, 0) is 6.54 Å². The molecule has 0 unspecified atom stereocenters. The fraction of sp³-hybridized carbons (Fsp3) is 0.478. The Morgan fingerprint density at radius 2 is 1.71 bits per heavy atom. The van der Waals surface area contributed by atoms with E-state index in [0.717, 1.165) is 35.8 Å². The van der Waals surface area contributed by atoms with E-state index >= 15 is 0 Å². The quantitative estimate of drug-likeness (QED) is 0.597. The van der Waals surface area contributed by atoms with Crippen LogP contribution in [-0.4, -0.2) is 50.0 Å². The fourth-order valence-electron chi connectivity index (χ4n) is 3.05. The van der Waals surface area contributed by atoms with Crippen LogP contribution in [0.1, 0.15) is 25.8 Å². The zero-order valence-corrected chi connectivity index (χ0v) is 17.4. The molecule has 0 aliphatic rings. The molecule has 2 rings (SSSR count). The molecule has 2 aromatic carbocycles. The molecule has 5 heteroatoms. The van der Waals surface area contributed by atoms with Crippen LogP contribution in [0.25, 0.3) is 0 Å². The molecule has 5 nitrogen and oxygen atoms in total. The van der Waals surface area contributed by atoms with Crippen LogP contribution in [0, 0.1) is 5.92 Å². The summed E-state index contributed by atoms with van der Waals surface area (Å²) >= 11 is 0. The van der Waals surface area contributed by atoms with Gasteiger partial charge in [-0.1, -0.05) is 44.2 Å². The molecular formula is C23H33NO4. The van der Waals surface area contributed by atoms with Crippen LogP contribution in [0.3, 0.4) is 0 Å². The SMILES string of the molecule is COc1cccc(CN(CCC(C)C)C[C@H](O)COc2ccccc2)c1OC. The van der Waals surface area contributed by atoms with Crippen LogP contribution in [0.4, 0.5) is 0 Å². The van der Waals surface area contributed by atoms with Gasteiger partial charge in [-0.15, -0.1) is 0 Å². The molecule has 0 radical (unpaired) electrons. The van der Waals surface area contributed by atoms with E-state index in [1.807, 2.05) is 48.5 Å². The number of methoxy groups -OCH3 is 2. The summed E-state index contributed by atoms with van der Waals surface area (Å²) in [6.07, 6.45) is 0.474. The molecule has 0 bridgehead atoms. The van der Waals surface area contributed by atoms with E-state index < -0.39 is 6.10 Å². The summed E-state index contributed by atoms with van der Waals surface area (Å²) < 4.78 is 16.7. The molecule has 0 amide bonds. The van der Waals surface area contributed by atoms with Gasteiger partial charge in [0.25, 0.3) is 0 Å². The zero-order chi connectivity index (χ0) is 20.4. The summed E-state index contributed by atoms with van der Waals surface area (Å²) in [7, 11) is 3.30. The molecule has 2 aromatic rings. The van der Waals surface area contributed by atoms with Crippen LogP contribution in [0.5, 0.6) is 17.2 Å². The van der Waals surface area contributed by atoms with Crippen LogP contribution in [0.15, 0.2) is 48.5 Å². The molecule has 1 N–H and O–H groups in total. The van der Waals surface area contributed by atoms with Gasteiger partial charge in [0.2, 0.25) is 0 Å². The van der Waals surface area contributed by atoms with Gasteiger partial charge in [0, 0.05) is 18.7 Å². The number of ether oxygens (including phenoxy) is 3. The second kappa shape index (κ2) is 11.6. The average molecular weight is 388 g/mol. The topological polar surface area (TPSA) is 51.2 Å². The molecule has 0 heterocycles. The third kappa shape index (κ3) is 7.06.